The molecule has 0 spiro atoms. The topological polar surface area (TPSA) is 0 Å². The first kappa shape index (κ1) is 10.9. The van der Waals surface area contributed by atoms with E-state index in [4.69, 9.17) is 0 Å². The molecule has 0 amide bonds. The molecule has 0 aliphatic carbocycles. The van der Waals surface area contributed by atoms with Gasteiger partial charge < -0.3 is 0 Å². The standard InChI is InChI=1S/C16H10F2/c17-14-7-8-15(16(18)10-14)13-6-5-11-3-1-2-4-12(11)9-13/h1-10H. The molecule has 0 aromatic heterocycles. The largest absolute Gasteiger partial charge is 0.207 e. The van der Waals surface area contributed by atoms with Gasteiger partial charge in [0.15, 0.2) is 0 Å². The average molecular weight is 240 g/mol. The van der Waals surface area contributed by atoms with Gasteiger partial charge in [0.2, 0.25) is 0 Å². The minimum atomic E-state index is -0.558. The van der Waals surface area contributed by atoms with Crippen LogP contribution in [0, 0.1) is 11.6 Å². The number of hydrogen-bond acceptors (Lipinski definition) is 0. The molecule has 0 radical (unpaired) electrons. The van der Waals surface area contributed by atoms with Crippen molar-refractivity contribution in [3.05, 3.63) is 72.3 Å². The molecule has 3 rings (SSSR count). The van der Waals surface area contributed by atoms with E-state index in [-0.39, 0.29) is 0 Å². The summed E-state index contributed by atoms with van der Waals surface area (Å²) in [6.45, 7) is 0. The van der Waals surface area contributed by atoms with E-state index in [1.54, 1.807) is 0 Å². The smallest absolute Gasteiger partial charge is 0.133 e. The molecule has 0 nitrogen and oxygen atoms in total. The zero-order chi connectivity index (χ0) is 12.5. The molecule has 0 saturated heterocycles. The van der Waals surface area contributed by atoms with Crippen molar-refractivity contribution in [2.45, 2.75) is 0 Å². The van der Waals surface area contributed by atoms with Crippen molar-refractivity contribution in [2.75, 3.05) is 0 Å². The van der Waals surface area contributed by atoms with Gasteiger partial charge in [0, 0.05) is 11.6 Å². The fourth-order valence-electron chi connectivity index (χ4n) is 2.08. The average Bonchev–Trinajstić information content (AvgIpc) is 2.38. The molecule has 0 fully saturated rings. The minimum absolute atomic E-state index is 0.419. The molecule has 0 N–H and O–H groups in total. The first-order valence-electron chi connectivity index (χ1n) is 5.68. The summed E-state index contributed by atoms with van der Waals surface area (Å²) in [4.78, 5) is 0. The van der Waals surface area contributed by atoms with Gasteiger partial charge in [0.1, 0.15) is 11.6 Å². The first-order chi connectivity index (χ1) is 8.74. The number of halogens is 2. The predicted molar refractivity (Wildman–Crippen MR) is 69.3 cm³/mol. The summed E-state index contributed by atoms with van der Waals surface area (Å²) in [6, 6.07) is 17.2. The van der Waals surface area contributed by atoms with E-state index < -0.39 is 11.6 Å². The van der Waals surface area contributed by atoms with E-state index in [1.807, 2.05) is 42.5 Å². The molecule has 0 bridgehead atoms. The third-order valence-electron chi connectivity index (χ3n) is 2.99. The van der Waals surface area contributed by atoms with E-state index in [0.717, 1.165) is 22.4 Å². The molecule has 3 aromatic carbocycles. The van der Waals surface area contributed by atoms with E-state index in [9.17, 15) is 8.78 Å². The predicted octanol–water partition coefficient (Wildman–Crippen LogP) is 4.79. The molecular weight excluding hydrogens is 230 g/mol. The summed E-state index contributed by atoms with van der Waals surface area (Å²) < 4.78 is 26.6. The molecule has 0 aliphatic heterocycles. The first-order valence-corrected chi connectivity index (χ1v) is 5.68. The Morgan fingerprint density at radius 1 is 0.667 bits per heavy atom. The van der Waals surface area contributed by atoms with Crippen LogP contribution in [0.4, 0.5) is 8.78 Å². The maximum atomic E-state index is 13.7. The maximum Gasteiger partial charge on any atom is 0.133 e. The van der Waals surface area contributed by atoms with Crippen molar-refractivity contribution in [1.29, 1.82) is 0 Å². The normalized spacial score (nSPS) is 10.8. The minimum Gasteiger partial charge on any atom is -0.207 e. The zero-order valence-corrected chi connectivity index (χ0v) is 9.53. The molecule has 18 heavy (non-hydrogen) atoms. The quantitative estimate of drug-likeness (QED) is 0.574. The van der Waals surface area contributed by atoms with Crippen LogP contribution in [-0.4, -0.2) is 0 Å². The zero-order valence-electron chi connectivity index (χ0n) is 9.53. The van der Waals surface area contributed by atoms with Crippen molar-refractivity contribution in [3.8, 4) is 11.1 Å². The summed E-state index contributed by atoms with van der Waals surface area (Å²) >= 11 is 0. The van der Waals surface area contributed by atoms with Crippen LogP contribution in [0.25, 0.3) is 21.9 Å². The summed E-state index contributed by atoms with van der Waals surface area (Å²) in [5, 5.41) is 2.14. The highest BCUT2D eigenvalue weighted by molar-refractivity contribution is 5.87. The lowest BCUT2D eigenvalue weighted by Crippen LogP contribution is -1.86. The summed E-state index contributed by atoms with van der Waals surface area (Å²) in [5.41, 5.74) is 1.17. The van der Waals surface area contributed by atoms with E-state index in [2.05, 4.69) is 0 Å². The molecule has 88 valence electrons. The molecule has 0 unspecified atom stereocenters. The Bertz CT molecular complexity index is 717. The lowest BCUT2D eigenvalue weighted by atomic mass is 10.0. The third kappa shape index (κ3) is 1.86. The number of hydrogen-bond donors (Lipinski definition) is 0. The second-order valence-corrected chi connectivity index (χ2v) is 4.19. The van der Waals surface area contributed by atoms with Crippen molar-refractivity contribution < 1.29 is 8.78 Å². The lowest BCUT2D eigenvalue weighted by Gasteiger charge is -2.05. The van der Waals surface area contributed by atoms with Gasteiger partial charge in [-0.1, -0.05) is 36.4 Å². The molecule has 2 heteroatoms. The molecular formula is C16H10F2. The van der Waals surface area contributed by atoms with Crippen LogP contribution in [0.15, 0.2) is 60.7 Å². The highest BCUT2D eigenvalue weighted by Gasteiger charge is 2.06. The fraction of sp³-hybridized carbons (Fsp3) is 0. The van der Waals surface area contributed by atoms with Gasteiger partial charge in [-0.05, 0) is 34.5 Å². The third-order valence-corrected chi connectivity index (χ3v) is 2.99. The van der Waals surface area contributed by atoms with Crippen LogP contribution in [0.2, 0.25) is 0 Å². The maximum absolute atomic E-state index is 13.7. The number of rotatable bonds is 1. The van der Waals surface area contributed by atoms with E-state index >= 15 is 0 Å². The van der Waals surface area contributed by atoms with Gasteiger partial charge in [0.25, 0.3) is 0 Å². The highest BCUT2D eigenvalue weighted by Crippen LogP contribution is 2.26. The second kappa shape index (κ2) is 4.22. The molecule has 0 atom stereocenters. The Morgan fingerprint density at radius 2 is 1.44 bits per heavy atom. The fourth-order valence-corrected chi connectivity index (χ4v) is 2.08. The Labute approximate surface area is 104 Å². The SMILES string of the molecule is Fc1ccc(-c2ccc3ccccc3c2)c(F)c1. The van der Waals surface area contributed by atoms with Gasteiger partial charge in [-0.25, -0.2) is 8.78 Å². The Balaban J connectivity index is 2.19. The van der Waals surface area contributed by atoms with Crippen molar-refractivity contribution in [1.82, 2.24) is 0 Å². The summed E-state index contributed by atoms with van der Waals surface area (Å²) in [6.07, 6.45) is 0. The number of benzene rings is 3. The summed E-state index contributed by atoms with van der Waals surface area (Å²) in [5.74, 6) is -1.10. The molecule has 0 heterocycles. The Hall–Kier alpha value is -2.22. The molecule has 3 aromatic rings. The van der Waals surface area contributed by atoms with Crippen LogP contribution in [0.1, 0.15) is 0 Å². The van der Waals surface area contributed by atoms with Crippen molar-refractivity contribution in [3.63, 3.8) is 0 Å². The van der Waals surface area contributed by atoms with Gasteiger partial charge in [-0.3, -0.25) is 0 Å². The van der Waals surface area contributed by atoms with E-state index in [0.29, 0.717) is 5.56 Å². The van der Waals surface area contributed by atoms with Crippen LogP contribution in [-0.2, 0) is 0 Å². The van der Waals surface area contributed by atoms with Gasteiger partial charge in [-0.2, -0.15) is 0 Å². The lowest BCUT2D eigenvalue weighted by molar-refractivity contribution is 0.585. The highest BCUT2D eigenvalue weighted by atomic mass is 19.1. The van der Waals surface area contributed by atoms with Gasteiger partial charge in [0.05, 0.1) is 0 Å². The van der Waals surface area contributed by atoms with Crippen LogP contribution >= 0.6 is 0 Å². The molecule has 0 aliphatic rings. The monoisotopic (exact) mass is 240 g/mol. The Morgan fingerprint density at radius 3 is 2.22 bits per heavy atom. The van der Waals surface area contributed by atoms with Crippen molar-refractivity contribution >= 4 is 10.8 Å². The van der Waals surface area contributed by atoms with Crippen LogP contribution in [0.3, 0.4) is 0 Å². The van der Waals surface area contributed by atoms with Gasteiger partial charge in [-0.15, -0.1) is 0 Å². The summed E-state index contributed by atoms with van der Waals surface area (Å²) in [7, 11) is 0. The van der Waals surface area contributed by atoms with Gasteiger partial charge >= 0.3 is 0 Å². The number of fused-ring (bicyclic) bond motifs is 1. The Kier molecular flexibility index (Phi) is 2.56. The van der Waals surface area contributed by atoms with Crippen LogP contribution in [0.5, 0.6) is 0 Å². The second-order valence-electron chi connectivity index (χ2n) is 4.19. The van der Waals surface area contributed by atoms with Crippen molar-refractivity contribution in [2.24, 2.45) is 0 Å². The van der Waals surface area contributed by atoms with Crippen LogP contribution < -0.4 is 0 Å². The molecule has 0 saturated carbocycles. The van der Waals surface area contributed by atoms with E-state index in [1.165, 1.54) is 12.1 Å².